The van der Waals surface area contributed by atoms with Crippen molar-refractivity contribution in [1.29, 1.82) is 5.26 Å². The van der Waals surface area contributed by atoms with Crippen molar-refractivity contribution in [2.75, 3.05) is 20.1 Å². The van der Waals surface area contributed by atoms with E-state index in [1.807, 2.05) is 6.19 Å². The molecule has 7 heteroatoms. The standard InChI is InChI=1S/C11H17N7/c1-13-11(18-9-12)17-4-2-3-14-7-10-8-15-5-6-16-10/h5-6,8,14H,2-4,7H2,1H3,(H2,13,17,18). The number of hydrogen-bond donors (Lipinski definition) is 3. The Morgan fingerprint density at radius 1 is 1.50 bits per heavy atom. The second-order valence-corrected chi connectivity index (χ2v) is 3.44. The fourth-order valence-electron chi connectivity index (χ4n) is 1.27. The van der Waals surface area contributed by atoms with E-state index in [0.717, 1.165) is 18.7 Å². The molecule has 0 bridgehead atoms. The minimum atomic E-state index is 0.492. The molecule has 0 amide bonds. The van der Waals surface area contributed by atoms with Crippen LogP contribution >= 0.6 is 0 Å². The Bertz CT molecular complexity index is 396. The summed E-state index contributed by atoms with van der Waals surface area (Å²) in [6, 6.07) is 0. The Morgan fingerprint density at radius 3 is 3.06 bits per heavy atom. The molecular formula is C11H17N7. The Morgan fingerprint density at radius 2 is 2.39 bits per heavy atom. The number of aromatic nitrogens is 2. The number of nitrogens with one attached hydrogen (secondary N) is 3. The van der Waals surface area contributed by atoms with Crippen LogP contribution in [0.1, 0.15) is 12.1 Å². The van der Waals surface area contributed by atoms with E-state index in [1.54, 1.807) is 25.6 Å². The predicted molar refractivity (Wildman–Crippen MR) is 68.5 cm³/mol. The second-order valence-electron chi connectivity index (χ2n) is 3.44. The van der Waals surface area contributed by atoms with Crippen molar-refractivity contribution in [1.82, 2.24) is 25.9 Å². The van der Waals surface area contributed by atoms with Gasteiger partial charge in [0, 0.05) is 38.7 Å². The van der Waals surface area contributed by atoms with E-state index in [0.29, 0.717) is 19.0 Å². The monoisotopic (exact) mass is 247 g/mol. The van der Waals surface area contributed by atoms with Gasteiger partial charge in [-0.3, -0.25) is 20.3 Å². The van der Waals surface area contributed by atoms with Gasteiger partial charge in [-0.2, -0.15) is 5.26 Å². The lowest BCUT2D eigenvalue weighted by molar-refractivity contribution is 0.644. The SMILES string of the molecule is CN/C(=N/CCCNCc1cnccn1)NC#N. The van der Waals surface area contributed by atoms with Gasteiger partial charge in [0.1, 0.15) is 0 Å². The maximum absolute atomic E-state index is 8.43. The normalized spacial score (nSPS) is 10.8. The fraction of sp³-hybridized carbons (Fsp3) is 0.455. The molecular weight excluding hydrogens is 230 g/mol. The van der Waals surface area contributed by atoms with E-state index in [1.165, 1.54) is 0 Å². The third-order valence-corrected chi connectivity index (χ3v) is 2.12. The average molecular weight is 247 g/mol. The number of nitriles is 1. The molecule has 0 fully saturated rings. The van der Waals surface area contributed by atoms with E-state index in [2.05, 4.69) is 30.9 Å². The van der Waals surface area contributed by atoms with Gasteiger partial charge in [-0.15, -0.1) is 0 Å². The number of guanidine groups is 1. The molecule has 7 nitrogen and oxygen atoms in total. The fourth-order valence-corrected chi connectivity index (χ4v) is 1.27. The molecule has 3 N–H and O–H groups in total. The third-order valence-electron chi connectivity index (χ3n) is 2.12. The predicted octanol–water partition coefficient (Wildman–Crippen LogP) is -0.398. The molecule has 1 heterocycles. The van der Waals surface area contributed by atoms with Crippen LogP contribution in [-0.2, 0) is 6.54 Å². The Kier molecular flexibility index (Phi) is 6.85. The van der Waals surface area contributed by atoms with Crippen LogP contribution < -0.4 is 16.0 Å². The van der Waals surface area contributed by atoms with Gasteiger partial charge < -0.3 is 10.6 Å². The molecule has 0 aliphatic carbocycles. The first-order chi connectivity index (χ1) is 8.86. The van der Waals surface area contributed by atoms with Gasteiger partial charge in [0.2, 0.25) is 5.96 Å². The highest BCUT2D eigenvalue weighted by atomic mass is 15.2. The van der Waals surface area contributed by atoms with Crippen LogP contribution in [0.3, 0.4) is 0 Å². The minimum Gasteiger partial charge on any atom is -0.359 e. The van der Waals surface area contributed by atoms with Crippen molar-refractivity contribution in [3.05, 3.63) is 24.3 Å². The molecule has 0 aliphatic rings. The third kappa shape index (κ3) is 5.77. The van der Waals surface area contributed by atoms with Crippen LogP contribution in [0.15, 0.2) is 23.6 Å². The van der Waals surface area contributed by atoms with E-state index in [9.17, 15) is 0 Å². The summed E-state index contributed by atoms with van der Waals surface area (Å²) in [5, 5.41) is 16.9. The van der Waals surface area contributed by atoms with Crippen LogP contribution in [0.25, 0.3) is 0 Å². The minimum absolute atomic E-state index is 0.492. The first-order valence-electron chi connectivity index (χ1n) is 5.69. The van der Waals surface area contributed by atoms with Crippen molar-refractivity contribution in [3.63, 3.8) is 0 Å². The van der Waals surface area contributed by atoms with Crippen molar-refractivity contribution >= 4 is 5.96 Å². The molecule has 0 spiro atoms. The van der Waals surface area contributed by atoms with Crippen molar-refractivity contribution in [2.24, 2.45) is 4.99 Å². The second kappa shape index (κ2) is 8.90. The molecule has 1 aromatic heterocycles. The first-order valence-corrected chi connectivity index (χ1v) is 5.69. The molecule has 96 valence electrons. The van der Waals surface area contributed by atoms with E-state index in [4.69, 9.17) is 5.26 Å². The highest BCUT2D eigenvalue weighted by Gasteiger charge is 1.94. The lowest BCUT2D eigenvalue weighted by Gasteiger charge is -2.04. The summed E-state index contributed by atoms with van der Waals surface area (Å²) < 4.78 is 0. The van der Waals surface area contributed by atoms with E-state index >= 15 is 0 Å². The van der Waals surface area contributed by atoms with Gasteiger partial charge in [0.05, 0.1) is 5.69 Å². The Labute approximate surface area is 106 Å². The van der Waals surface area contributed by atoms with Gasteiger partial charge in [-0.1, -0.05) is 0 Å². The van der Waals surface area contributed by atoms with Gasteiger partial charge in [-0.25, -0.2) is 0 Å². The zero-order valence-corrected chi connectivity index (χ0v) is 10.3. The zero-order valence-electron chi connectivity index (χ0n) is 10.3. The Hall–Kier alpha value is -2.20. The van der Waals surface area contributed by atoms with Gasteiger partial charge in [-0.05, 0) is 13.0 Å². The molecule has 0 unspecified atom stereocenters. The summed E-state index contributed by atoms with van der Waals surface area (Å²) in [6.07, 6.45) is 7.77. The molecule has 0 aromatic carbocycles. The van der Waals surface area contributed by atoms with Crippen molar-refractivity contribution < 1.29 is 0 Å². The van der Waals surface area contributed by atoms with Crippen LogP contribution in [0, 0.1) is 11.5 Å². The number of rotatable bonds is 6. The molecule has 0 radical (unpaired) electrons. The van der Waals surface area contributed by atoms with E-state index in [-0.39, 0.29) is 0 Å². The van der Waals surface area contributed by atoms with Crippen molar-refractivity contribution in [2.45, 2.75) is 13.0 Å². The molecule has 0 atom stereocenters. The van der Waals surface area contributed by atoms with Crippen LogP contribution in [-0.4, -0.2) is 36.1 Å². The Balaban J connectivity index is 2.10. The number of hydrogen-bond acceptors (Lipinski definition) is 5. The molecule has 1 aromatic rings. The quantitative estimate of drug-likeness (QED) is 0.208. The molecule has 18 heavy (non-hydrogen) atoms. The van der Waals surface area contributed by atoms with Crippen LogP contribution in [0.4, 0.5) is 0 Å². The first kappa shape index (κ1) is 13.9. The lowest BCUT2D eigenvalue weighted by Crippen LogP contribution is -2.31. The summed E-state index contributed by atoms with van der Waals surface area (Å²) in [6.45, 7) is 2.19. The maximum atomic E-state index is 8.43. The summed E-state index contributed by atoms with van der Waals surface area (Å²) in [5.41, 5.74) is 0.920. The number of aliphatic imine (C=N–C) groups is 1. The lowest BCUT2D eigenvalue weighted by atomic mass is 10.4. The number of nitrogens with zero attached hydrogens (tertiary/aromatic N) is 4. The van der Waals surface area contributed by atoms with Gasteiger partial charge in [0.15, 0.2) is 6.19 Å². The highest BCUT2D eigenvalue weighted by molar-refractivity contribution is 5.80. The van der Waals surface area contributed by atoms with Crippen molar-refractivity contribution in [3.8, 4) is 6.19 Å². The summed E-state index contributed by atoms with van der Waals surface area (Å²) in [7, 11) is 1.72. The largest absolute Gasteiger partial charge is 0.359 e. The van der Waals surface area contributed by atoms with Gasteiger partial charge in [0.25, 0.3) is 0 Å². The van der Waals surface area contributed by atoms with Crippen LogP contribution in [0.2, 0.25) is 0 Å². The molecule has 0 saturated heterocycles. The topological polar surface area (TPSA) is 98.0 Å². The van der Waals surface area contributed by atoms with Crippen LogP contribution in [0.5, 0.6) is 0 Å². The molecule has 1 rings (SSSR count). The average Bonchev–Trinajstić information content (AvgIpc) is 2.42. The highest BCUT2D eigenvalue weighted by Crippen LogP contribution is 1.89. The summed E-state index contributed by atoms with van der Waals surface area (Å²) in [4.78, 5) is 12.3. The van der Waals surface area contributed by atoms with Gasteiger partial charge >= 0.3 is 0 Å². The molecule has 0 aliphatic heterocycles. The van der Waals surface area contributed by atoms with E-state index < -0.39 is 0 Å². The smallest absolute Gasteiger partial charge is 0.204 e. The summed E-state index contributed by atoms with van der Waals surface area (Å²) >= 11 is 0. The maximum Gasteiger partial charge on any atom is 0.204 e. The zero-order chi connectivity index (χ0) is 13.1. The summed E-state index contributed by atoms with van der Waals surface area (Å²) in [5.74, 6) is 0.492. The molecule has 0 saturated carbocycles.